The highest BCUT2D eigenvalue weighted by Crippen LogP contribution is 2.29. The Morgan fingerprint density at radius 3 is 2.30 bits per heavy atom. The lowest BCUT2D eigenvalue weighted by Gasteiger charge is -2.38. The van der Waals surface area contributed by atoms with Gasteiger partial charge in [0.2, 0.25) is 0 Å². The van der Waals surface area contributed by atoms with Crippen LogP contribution in [0.4, 0.5) is 0 Å². The van der Waals surface area contributed by atoms with Crippen LogP contribution in [0, 0.1) is 0 Å². The Bertz CT molecular complexity index is 411. The Balaban J connectivity index is 2.95. The number of halogens is 1. The fourth-order valence-electron chi connectivity index (χ4n) is 2.80. The predicted molar refractivity (Wildman–Crippen MR) is 87.6 cm³/mol. The molecule has 0 aliphatic heterocycles. The molecule has 1 aromatic rings. The molecular formula is C16H26BrNO2. The summed E-state index contributed by atoms with van der Waals surface area (Å²) in [6.45, 7) is 4.36. The van der Waals surface area contributed by atoms with Crippen LogP contribution in [-0.2, 0) is 11.2 Å². The molecule has 0 radical (unpaired) electrons. The predicted octanol–water partition coefficient (Wildman–Crippen LogP) is 3.79. The van der Waals surface area contributed by atoms with Crippen LogP contribution < -0.4 is 10.1 Å². The first-order valence-corrected chi connectivity index (χ1v) is 7.91. The van der Waals surface area contributed by atoms with E-state index in [9.17, 15) is 0 Å². The first kappa shape index (κ1) is 17.5. The number of benzene rings is 1. The number of ether oxygens (including phenoxy) is 2. The third kappa shape index (κ3) is 3.74. The zero-order valence-corrected chi connectivity index (χ0v) is 14.7. The first-order valence-electron chi connectivity index (χ1n) is 7.11. The second kappa shape index (κ2) is 8.01. The summed E-state index contributed by atoms with van der Waals surface area (Å²) in [5.74, 6) is 0.860. The van der Waals surface area contributed by atoms with E-state index >= 15 is 0 Å². The standard InChI is InChI=1S/C16H26BrNO2/c1-6-16(7-2,20-5)15(18-3)11-12-8-9-14(19-4)13(17)10-12/h8-10,15,18H,6-7,11H2,1-5H3. The van der Waals surface area contributed by atoms with E-state index in [4.69, 9.17) is 9.47 Å². The molecule has 1 N–H and O–H groups in total. The fourth-order valence-corrected chi connectivity index (χ4v) is 3.39. The van der Waals surface area contributed by atoms with Crippen molar-refractivity contribution in [2.24, 2.45) is 0 Å². The number of likely N-dealkylation sites (N-methyl/N-ethyl adjacent to an activating group) is 1. The van der Waals surface area contributed by atoms with Crippen molar-refractivity contribution in [1.29, 1.82) is 0 Å². The molecule has 114 valence electrons. The Morgan fingerprint density at radius 2 is 1.90 bits per heavy atom. The molecule has 0 heterocycles. The van der Waals surface area contributed by atoms with Gasteiger partial charge in [-0.15, -0.1) is 0 Å². The Labute approximate surface area is 131 Å². The van der Waals surface area contributed by atoms with Crippen molar-refractivity contribution in [2.75, 3.05) is 21.3 Å². The van der Waals surface area contributed by atoms with Crippen LogP contribution in [0.5, 0.6) is 5.75 Å². The normalized spacial score (nSPS) is 13.3. The van der Waals surface area contributed by atoms with Crippen molar-refractivity contribution < 1.29 is 9.47 Å². The van der Waals surface area contributed by atoms with Crippen LogP contribution in [0.25, 0.3) is 0 Å². The van der Waals surface area contributed by atoms with Gasteiger partial charge >= 0.3 is 0 Å². The lowest BCUT2D eigenvalue weighted by atomic mass is 9.84. The summed E-state index contributed by atoms with van der Waals surface area (Å²) in [5, 5.41) is 3.42. The van der Waals surface area contributed by atoms with E-state index in [1.165, 1.54) is 5.56 Å². The van der Waals surface area contributed by atoms with Gasteiger partial charge in [0.25, 0.3) is 0 Å². The molecule has 0 spiro atoms. The minimum absolute atomic E-state index is 0.124. The maximum Gasteiger partial charge on any atom is 0.133 e. The van der Waals surface area contributed by atoms with Gasteiger partial charge in [-0.2, -0.15) is 0 Å². The Morgan fingerprint density at radius 1 is 1.25 bits per heavy atom. The quantitative estimate of drug-likeness (QED) is 0.778. The molecule has 0 aromatic heterocycles. The lowest BCUT2D eigenvalue weighted by molar-refractivity contribution is -0.0454. The molecule has 0 saturated carbocycles. The van der Waals surface area contributed by atoms with Crippen LogP contribution in [-0.4, -0.2) is 32.9 Å². The molecule has 0 aliphatic carbocycles. The molecule has 0 aliphatic rings. The lowest BCUT2D eigenvalue weighted by Crippen LogP contribution is -2.51. The summed E-state index contributed by atoms with van der Waals surface area (Å²) in [7, 11) is 5.49. The van der Waals surface area contributed by atoms with Crippen LogP contribution in [0.1, 0.15) is 32.3 Å². The van der Waals surface area contributed by atoms with Crippen LogP contribution in [0.2, 0.25) is 0 Å². The molecule has 0 bridgehead atoms. The Hall–Kier alpha value is -0.580. The zero-order chi connectivity index (χ0) is 15.2. The van der Waals surface area contributed by atoms with E-state index < -0.39 is 0 Å². The molecule has 0 fully saturated rings. The summed E-state index contributed by atoms with van der Waals surface area (Å²) < 4.78 is 12.1. The fraction of sp³-hybridized carbons (Fsp3) is 0.625. The molecule has 1 unspecified atom stereocenters. The van der Waals surface area contributed by atoms with Crippen molar-refractivity contribution in [3.8, 4) is 5.75 Å². The number of nitrogens with one attached hydrogen (secondary N) is 1. The minimum atomic E-state index is -0.124. The summed E-state index contributed by atoms with van der Waals surface area (Å²) >= 11 is 3.54. The van der Waals surface area contributed by atoms with Gasteiger partial charge in [-0.05, 0) is 59.9 Å². The zero-order valence-electron chi connectivity index (χ0n) is 13.1. The first-order chi connectivity index (χ1) is 9.56. The van der Waals surface area contributed by atoms with Crippen LogP contribution in [0.3, 0.4) is 0 Å². The minimum Gasteiger partial charge on any atom is -0.496 e. The summed E-state index contributed by atoms with van der Waals surface area (Å²) in [6.07, 6.45) is 2.90. The van der Waals surface area contributed by atoms with Crippen molar-refractivity contribution in [1.82, 2.24) is 5.32 Å². The van der Waals surface area contributed by atoms with Crippen LogP contribution in [0.15, 0.2) is 22.7 Å². The van der Waals surface area contributed by atoms with Gasteiger partial charge in [-0.3, -0.25) is 0 Å². The average Bonchev–Trinajstić information content (AvgIpc) is 2.48. The number of rotatable bonds is 8. The van der Waals surface area contributed by atoms with E-state index in [0.717, 1.165) is 29.5 Å². The van der Waals surface area contributed by atoms with Crippen LogP contribution >= 0.6 is 15.9 Å². The highest BCUT2D eigenvalue weighted by molar-refractivity contribution is 9.10. The van der Waals surface area contributed by atoms with Crippen molar-refractivity contribution in [2.45, 2.75) is 44.8 Å². The Kier molecular flexibility index (Phi) is 7.00. The largest absolute Gasteiger partial charge is 0.496 e. The van der Waals surface area contributed by atoms with E-state index in [0.29, 0.717) is 0 Å². The highest BCUT2D eigenvalue weighted by Gasteiger charge is 2.34. The topological polar surface area (TPSA) is 30.5 Å². The van der Waals surface area contributed by atoms with Crippen molar-refractivity contribution >= 4 is 15.9 Å². The third-order valence-corrected chi connectivity index (χ3v) is 4.86. The van der Waals surface area contributed by atoms with Crippen molar-refractivity contribution in [3.05, 3.63) is 28.2 Å². The molecule has 3 nitrogen and oxygen atoms in total. The number of hydrogen-bond donors (Lipinski definition) is 1. The van der Waals surface area contributed by atoms with Gasteiger partial charge in [0.05, 0.1) is 17.2 Å². The average molecular weight is 344 g/mol. The van der Waals surface area contributed by atoms with Gasteiger partial charge in [-0.1, -0.05) is 19.9 Å². The summed E-state index contributed by atoms with van der Waals surface area (Å²) in [5.41, 5.74) is 1.14. The monoisotopic (exact) mass is 343 g/mol. The second-order valence-corrected chi connectivity index (χ2v) is 5.84. The molecule has 1 aromatic carbocycles. The smallest absolute Gasteiger partial charge is 0.133 e. The molecule has 20 heavy (non-hydrogen) atoms. The van der Waals surface area contributed by atoms with Gasteiger partial charge in [0.15, 0.2) is 0 Å². The molecule has 4 heteroatoms. The molecule has 0 saturated heterocycles. The van der Waals surface area contributed by atoms with E-state index in [-0.39, 0.29) is 11.6 Å². The van der Waals surface area contributed by atoms with E-state index in [1.54, 1.807) is 14.2 Å². The third-order valence-electron chi connectivity index (χ3n) is 4.24. The molecular weight excluding hydrogens is 318 g/mol. The van der Waals surface area contributed by atoms with Crippen molar-refractivity contribution in [3.63, 3.8) is 0 Å². The highest BCUT2D eigenvalue weighted by atomic mass is 79.9. The number of hydrogen-bond acceptors (Lipinski definition) is 3. The summed E-state index contributed by atoms with van der Waals surface area (Å²) in [4.78, 5) is 0. The maximum absolute atomic E-state index is 5.84. The van der Waals surface area contributed by atoms with Gasteiger partial charge in [0, 0.05) is 13.2 Å². The van der Waals surface area contributed by atoms with E-state index in [2.05, 4.69) is 47.2 Å². The second-order valence-electron chi connectivity index (χ2n) is 4.99. The van der Waals surface area contributed by atoms with Gasteiger partial charge in [0.1, 0.15) is 5.75 Å². The molecule has 1 atom stereocenters. The number of methoxy groups -OCH3 is 2. The van der Waals surface area contributed by atoms with Gasteiger partial charge in [-0.25, -0.2) is 0 Å². The van der Waals surface area contributed by atoms with E-state index in [1.807, 2.05) is 13.1 Å². The van der Waals surface area contributed by atoms with Gasteiger partial charge < -0.3 is 14.8 Å². The maximum atomic E-state index is 5.84. The molecule has 0 amide bonds. The summed E-state index contributed by atoms with van der Waals surface area (Å²) in [6, 6.07) is 6.51. The molecule has 1 rings (SSSR count). The SMILES string of the molecule is CCC(CC)(OC)C(Cc1ccc(OC)c(Br)c1)NC.